The predicted octanol–water partition coefficient (Wildman–Crippen LogP) is 1.30. The van der Waals surface area contributed by atoms with Crippen molar-refractivity contribution in [3.63, 3.8) is 0 Å². The molecule has 0 radical (unpaired) electrons. The first-order chi connectivity index (χ1) is 12.7. The number of nitrogens with zero attached hydrogens (tertiary/aromatic N) is 3. The van der Waals surface area contributed by atoms with Gasteiger partial charge < -0.3 is 19.5 Å². The zero-order valence-corrected chi connectivity index (χ0v) is 15.4. The molecule has 1 saturated carbocycles. The number of rotatable bonds is 7. The molecule has 1 aliphatic heterocycles. The summed E-state index contributed by atoms with van der Waals surface area (Å²) in [5.74, 6) is 0.729. The molecule has 1 saturated heterocycles. The summed E-state index contributed by atoms with van der Waals surface area (Å²) in [6.45, 7) is 2.40. The Hall–Kier alpha value is -1.96. The molecule has 2 heterocycles. The Morgan fingerprint density at radius 1 is 1.19 bits per heavy atom. The van der Waals surface area contributed by atoms with Crippen LogP contribution in [0.3, 0.4) is 0 Å². The number of aromatic nitrogens is 2. The summed E-state index contributed by atoms with van der Waals surface area (Å²) in [4.78, 5) is 31.6. The quantitative estimate of drug-likeness (QED) is 0.783. The molecular formula is C18H28N4O4. The normalized spacial score (nSPS) is 23.2. The van der Waals surface area contributed by atoms with Gasteiger partial charge in [0, 0.05) is 45.0 Å². The molecule has 1 N–H and O–H groups in total. The van der Waals surface area contributed by atoms with Gasteiger partial charge in [-0.15, -0.1) is 0 Å². The Kier molecular flexibility index (Phi) is 6.60. The van der Waals surface area contributed by atoms with E-state index in [-0.39, 0.29) is 23.7 Å². The number of amides is 2. The molecule has 26 heavy (non-hydrogen) atoms. The molecule has 144 valence electrons. The van der Waals surface area contributed by atoms with E-state index in [9.17, 15) is 9.59 Å². The van der Waals surface area contributed by atoms with Crippen LogP contribution < -0.4 is 5.32 Å². The van der Waals surface area contributed by atoms with Crippen LogP contribution in [0.1, 0.15) is 50.2 Å². The monoisotopic (exact) mass is 364 g/mol. The smallest absolute Gasteiger partial charge is 0.228 e. The van der Waals surface area contributed by atoms with Crippen LogP contribution in [-0.4, -0.2) is 53.6 Å². The van der Waals surface area contributed by atoms with Gasteiger partial charge in [-0.05, 0) is 25.7 Å². The largest absolute Gasteiger partial charge is 0.377 e. The van der Waals surface area contributed by atoms with Gasteiger partial charge in [0.25, 0.3) is 0 Å². The van der Waals surface area contributed by atoms with Gasteiger partial charge in [0.05, 0.1) is 0 Å². The maximum atomic E-state index is 12.8. The van der Waals surface area contributed by atoms with Crippen LogP contribution >= 0.6 is 0 Å². The molecule has 2 amide bonds. The Morgan fingerprint density at radius 2 is 1.92 bits per heavy atom. The van der Waals surface area contributed by atoms with Gasteiger partial charge in [0.15, 0.2) is 5.82 Å². The Morgan fingerprint density at radius 3 is 2.65 bits per heavy atom. The maximum Gasteiger partial charge on any atom is 0.228 e. The standard InChI is InChI=1S/C18H28N4O4/c1-25-12-15-20-16(26-21-15)8-9-19-17(23)13-6-2-3-7-14(13)18(24)22-10-4-5-11-22/h13-14H,2-12H2,1H3,(H,19,23). The topological polar surface area (TPSA) is 97.6 Å². The molecule has 0 aromatic carbocycles. The highest BCUT2D eigenvalue weighted by atomic mass is 16.5. The lowest BCUT2D eigenvalue weighted by Gasteiger charge is -2.32. The van der Waals surface area contributed by atoms with E-state index in [4.69, 9.17) is 9.26 Å². The van der Waals surface area contributed by atoms with Gasteiger partial charge in [-0.3, -0.25) is 9.59 Å². The van der Waals surface area contributed by atoms with Gasteiger partial charge >= 0.3 is 0 Å². The van der Waals surface area contributed by atoms with E-state index in [1.54, 1.807) is 7.11 Å². The number of nitrogens with one attached hydrogen (secondary N) is 1. The van der Waals surface area contributed by atoms with Gasteiger partial charge in [-0.2, -0.15) is 4.98 Å². The molecule has 1 aromatic rings. The molecule has 8 nitrogen and oxygen atoms in total. The first-order valence-corrected chi connectivity index (χ1v) is 9.56. The number of likely N-dealkylation sites (tertiary alicyclic amines) is 1. The van der Waals surface area contributed by atoms with E-state index in [0.29, 0.717) is 31.3 Å². The zero-order valence-electron chi connectivity index (χ0n) is 15.4. The van der Waals surface area contributed by atoms with Crippen molar-refractivity contribution in [3.8, 4) is 0 Å². The van der Waals surface area contributed by atoms with E-state index in [2.05, 4.69) is 15.5 Å². The van der Waals surface area contributed by atoms with Gasteiger partial charge in [-0.1, -0.05) is 18.0 Å². The number of carbonyl (C=O) groups is 2. The van der Waals surface area contributed by atoms with Crippen molar-refractivity contribution in [1.29, 1.82) is 0 Å². The minimum Gasteiger partial charge on any atom is -0.377 e. The summed E-state index contributed by atoms with van der Waals surface area (Å²) in [5.41, 5.74) is 0. The van der Waals surface area contributed by atoms with Crippen LogP contribution in [0, 0.1) is 11.8 Å². The molecule has 2 aliphatic rings. The molecule has 2 fully saturated rings. The highest BCUT2D eigenvalue weighted by Gasteiger charge is 2.38. The molecule has 2 unspecified atom stereocenters. The highest BCUT2D eigenvalue weighted by molar-refractivity contribution is 5.88. The van der Waals surface area contributed by atoms with Crippen molar-refractivity contribution in [3.05, 3.63) is 11.7 Å². The van der Waals surface area contributed by atoms with Crippen molar-refractivity contribution in [1.82, 2.24) is 20.4 Å². The van der Waals surface area contributed by atoms with Crippen LogP contribution in [0.4, 0.5) is 0 Å². The molecule has 3 rings (SSSR count). The summed E-state index contributed by atoms with van der Waals surface area (Å²) >= 11 is 0. The SMILES string of the molecule is COCc1noc(CCNC(=O)C2CCCCC2C(=O)N2CCCC2)n1. The zero-order chi connectivity index (χ0) is 18.4. The predicted molar refractivity (Wildman–Crippen MR) is 93.0 cm³/mol. The Balaban J connectivity index is 1.50. The number of hydrogen-bond donors (Lipinski definition) is 1. The summed E-state index contributed by atoms with van der Waals surface area (Å²) in [5, 5.41) is 6.75. The highest BCUT2D eigenvalue weighted by Crippen LogP contribution is 2.32. The van der Waals surface area contributed by atoms with Crippen LogP contribution in [-0.2, 0) is 27.4 Å². The van der Waals surface area contributed by atoms with Gasteiger partial charge in [0.1, 0.15) is 6.61 Å². The molecular weight excluding hydrogens is 336 g/mol. The van der Waals surface area contributed by atoms with Crippen molar-refractivity contribution < 1.29 is 18.8 Å². The Labute approximate surface area is 153 Å². The fourth-order valence-electron chi connectivity index (χ4n) is 3.92. The summed E-state index contributed by atoms with van der Waals surface area (Å²) in [7, 11) is 1.57. The average Bonchev–Trinajstić information content (AvgIpc) is 3.33. The maximum absolute atomic E-state index is 12.8. The van der Waals surface area contributed by atoms with Crippen molar-refractivity contribution >= 4 is 11.8 Å². The molecule has 0 bridgehead atoms. The lowest BCUT2D eigenvalue weighted by atomic mass is 9.78. The molecule has 8 heteroatoms. The van der Waals surface area contributed by atoms with E-state index < -0.39 is 0 Å². The number of hydrogen-bond acceptors (Lipinski definition) is 6. The third-order valence-corrected chi connectivity index (χ3v) is 5.26. The summed E-state index contributed by atoms with van der Waals surface area (Å²) < 4.78 is 10.1. The second-order valence-corrected chi connectivity index (χ2v) is 7.11. The van der Waals surface area contributed by atoms with Crippen LogP contribution in [0.15, 0.2) is 4.52 Å². The second kappa shape index (κ2) is 9.12. The number of carbonyl (C=O) groups excluding carboxylic acids is 2. The van der Waals surface area contributed by atoms with E-state index >= 15 is 0 Å². The Bertz CT molecular complexity index is 612. The van der Waals surface area contributed by atoms with Crippen molar-refractivity contribution in [2.24, 2.45) is 11.8 Å². The van der Waals surface area contributed by atoms with Crippen molar-refractivity contribution in [2.75, 3.05) is 26.7 Å². The third kappa shape index (κ3) is 4.60. The molecule has 1 aliphatic carbocycles. The summed E-state index contributed by atoms with van der Waals surface area (Å²) in [6.07, 6.45) is 6.26. The second-order valence-electron chi connectivity index (χ2n) is 7.11. The number of methoxy groups -OCH3 is 1. The fraction of sp³-hybridized carbons (Fsp3) is 0.778. The average molecular weight is 364 g/mol. The minimum atomic E-state index is -0.219. The first-order valence-electron chi connectivity index (χ1n) is 9.56. The molecule has 2 atom stereocenters. The van der Waals surface area contributed by atoms with E-state index in [1.165, 1.54) is 0 Å². The molecule has 1 aromatic heterocycles. The lowest BCUT2D eigenvalue weighted by molar-refractivity contribution is -0.142. The van der Waals surface area contributed by atoms with Gasteiger partial charge in [-0.25, -0.2) is 0 Å². The van der Waals surface area contributed by atoms with Crippen LogP contribution in [0.2, 0.25) is 0 Å². The first kappa shape index (κ1) is 18.8. The summed E-state index contributed by atoms with van der Waals surface area (Å²) in [6, 6.07) is 0. The molecule has 0 spiro atoms. The van der Waals surface area contributed by atoms with Crippen LogP contribution in [0.25, 0.3) is 0 Å². The van der Waals surface area contributed by atoms with E-state index in [0.717, 1.165) is 51.6 Å². The van der Waals surface area contributed by atoms with Crippen molar-refractivity contribution in [2.45, 2.75) is 51.6 Å². The number of ether oxygens (including phenoxy) is 1. The third-order valence-electron chi connectivity index (χ3n) is 5.26. The van der Waals surface area contributed by atoms with E-state index in [1.807, 2.05) is 4.90 Å². The fourth-order valence-corrected chi connectivity index (χ4v) is 3.92. The van der Waals surface area contributed by atoms with Gasteiger partial charge in [0.2, 0.25) is 17.7 Å². The van der Waals surface area contributed by atoms with Crippen LogP contribution in [0.5, 0.6) is 0 Å². The lowest BCUT2D eigenvalue weighted by Crippen LogP contribution is -2.45. The minimum absolute atomic E-state index is 0.0288.